The highest BCUT2D eigenvalue weighted by Crippen LogP contribution is 2.39. The summed E-state index contributed by atoms with van der Waals surface area (Å²) in [5.41, 5.74) is 4.20. The lowest BCUT2D eigenvalue weighted by Gasteiger charge is -2.31. The predicted molar refractivity (Wildman–Crippen MR) is 90.6 cm³/mol. The van der Waals surface area contributed by atoms with E-state index in [1.54, 1.807) is 19.1 Å². The van der Waals surface area contributed by atoms with Gasteiger partial charge < -0.3 is 14.9 Å². The molecule has 0 spiro atoms. The number of carbonyl (C=O) groups excluding carboxylic acids is 1. The van der Waals surface area contributed by atoms with Crippen LogP contribution >= 0.6 is 11.6 Å². The van der Waals surface area contributed by atoms with Crippen molar-refractivity contribution in [1.82, 2.24) is 10.0 Å². The molecule has 11 heteroatoms. The van der Waals surface area contributed by atoms with Crippen LogP contribution < -0.4 is 10.5 Å². The molecule has 2 N–H and O–H groups in total. The van der Waals surface area contributed by atoms with Crippen molar-refractivity contribution in [3.63, 3.8) is 0 Å². The van der Waals surface area contributed by atoms with Gasteiger partial charge in [0.25, 0.3) is 0 Å². The van der Waals surface area contributed by atoms with Crippen LogP contribution in [0.3, 0.4) is 0 Å². The molecule has 0 bridgehead atoms. The largest absolute Gasteiger partial charge is 0.469 e. The van der Waals surface area contributed by atoms with E-state index in [0.717, 1.165) is 0 Å². The van der Waals surface area contributed by atoms with Gasteiger partial charge in [-0.3, -0.25) is 5.01 Å². The summed E-state index contributed by atoms with van der Waals surface area (Å²) in [5.74, 6) is -1.32. The fourth-order valence-corrected chi connectivity index (χ4v) is 3.32. The summed E-state index contributed by atoms with van der Waals surface area (Å²) < 4.78 is 63.6. The third kappa shape index (κ3) is 4.02. The molecule has 1 aromatic carbocycles. The van der Waals surface area contributed by atoms with Crippen molar-refractivity contribution in [3.8, 4) is 5.75 Å². The fraction of sp³-hybridized carbons (Fsp3) is 0.353. The zero-order valence-corrected chi connectivity index (χ0v) is 15.3. The molecule has 3 rings (SSSR count). The number of urea groups is 1. The third-order valence-corrected chi connectivity index (χ3v) is 4.55. The molecule has 2 unspecified atom stereocenters. The number of nitrogens with two attached hydrogens (primary N) is 1. The second-order valence-electron chi connectivity index (χ2n) is 6.28. The molecule has 1 aromatic heterocycles. The number of halogens is 5. The van der Waals surface area contributed by atoms with Crippen LogP contribution in [0.5, 0.6) is 5.75 Å². The van der Waals surface area contributed by atoms with Crippen molar-refractivity contribution in [2.45, 2.75) is 38.3 Å². The molecule has 1 aliphatic rings. The van der Waals surface area contributed by atoms with Gasteiger partial charge in [-0.25, -0.2) is 9.18 Å². The first kappa shape index (κ1) is 20.3. The second-order valence-corrected chi connectivity index (χ2v) is 6.69. The normalized spacial score (nSPS) is 20.6. The van der Waals surface area contributed by atoms with E-state index < -0.39 is 46.6 Å². The van der Waals surface area contributed by atoms with Crippen molar-refractivity contribution < 1.29 is 31.5 Å². The lowest BCUT2D eigenvalue weighted by molar-refractivity contribution is -0.137. The molecular weight excluding hydrogens is 406 g/mol. The van der Waals surface area contributed by atoms with Gasteiger partial charge in [0.2, 0.25) is 0 Å². The summed E-state index contributed by atoms with van der Waals surface area (Å²) in [7, 11) is 0. The maximum atomic E-state index is 14.3. The Morgan fingerprint density at radius 2 is 2.14 bits per heavy atom. The van der Waals surface area contributed by atoms with Crippen LogP contribution in [0, 0.1) is 5.82 Å². The van der Waals surface area contributed by atoms with Crippen LogP contribution in [0.25, 0.3) is 0 Å². The van der Waals surface area contributed by atoms with E-state index in [4.69, 9.17) is 26.5 Å². The molecule has 2 amide bonds. The summed E-state index contributed by atoms with van der Waals surface area (Å²) in [5, 5.41) is 2.11. The van der Waals surface area contributed by atoms with Crippen LogP contribution in [0.2, 0.25) is 5.02 Å². The van der Waals surface area contributed by atoms with E-state index in [1.165, 1.54) is 16.3 Å². The van der Waals surface area contributed by atoms with E-state index in [9.17, 15) is 22.4 Å². The first-order valence-electron chi connectivity index (χ1n) is 8.18. The van der Waals surface area contributed by atoms with Gasteiger partial charge in [-0.05, 0) is 31.2 Å². The topological polar surface area (TPSA) is 71.9 Å². The standard InChI is InChI=1S/C17H16ClF4N3O3/c1-9-5-14(24(25(9)16(23)26)8-11-3-2-4-27-11)28-15-12(18)6-10(7-13(15)19)17(20,21)22/h2-4,6-7,9,14H,5,8H2,1H3,(H2,23,26). The molecule has 0 saturated carbocycles. The third-order valence-electron chi connectivity index (χ3n) is 4.27. The quantitative estimate of drug-likeness (QED) is 0.743. The zero-order valence-electron chi connectivity index (χ0n) is 14.5. The number of hydrazine groups is 1. The number of alkyl halides is 3. The Morgan fingerprint density at radius 1 is 1.43 bits per heavy atom. The van der Waals surface area contributed by atoms with Gasteiger partial charge in [-0.15, -0.1) is 0 Å². The Bertz CT molecular complexity index is 837. The summed E-state index contributed by atoms with van der Waals surface area (Å²) in [6.07, 6.45) is -4.00. The molecule has 1 saturated heterocycles. The maximum Gasteiger partial charge on any atom is 0.416 e. The average molecular weight is 422 g/mol. The van der Waals surface area contributed by atoms with Gasteiger partial charge in [-0.1, -0.05) is 11.6 Å². The highest BCUT2D eigenvalue weighted by molar-refractivity contribution is 6.32. The highest BCUT2D eigenvalue weighted by Gasteiger charge is 2.42. The number of hydrogen-bond donors (Lipinski definition) is 1. The number of benzene rings is 1. The van der Waals surface area contributed by atoms with Crippen molar-refractivity contribution in [2.24, 2.45) is 5.73 Å². The number of rotatable bonds is 4. The number of ether oxygens (including phenoxy) is 1. The van der Waals surface area contributed by atoms with E-state index >= 15 is 0 Å². The number of hydrogen-bond acceptors (Lipinski definition) is 4. The fourth-order valence-electron chi connectivity index (χ4n) is 3.07. The van der Waals surface area contributed by atoms with Gasteiger partial charge in [-0.2, -0.15) is 18.2 Å². The Labute approximate surface area is 162 Å². The van der Waals surface area contributed by atoms with Gasteiger partial charge in [0, 0.05) is 6.42 Å². The number of furan rings is 1. The molecule has 0 radical (unpaired) electrons. The average Bonchev–Trinajstić information content (AvgIpc) is 3.18. The number of primary amides is 1. The van der Waals surface area contributed by atoms with Gasteiger partial charge >= 0.3 is 12.2 Å². The Kier molecular flexibility index (Phi) is 5.44. The Balaban J connectivity index is 1.90. The van der Waals surface area contributed by atoms with Crippen molar-refractivity contribution in [1.29, 1.82) is 0 Å². The molecule has 28 heavy (non-hydrogen) atoms. The summed E-state index contributed by atoms with van der Waals surface area (Å²) in [4.78, 5) is 11.8. The number of carbonyl (C=O) groups is 1. The van der Waals surface area contributed by atoms with E-state index in [1.807, 2.05) is 0 Å². The van der Waals surface area contributed by atoms with E-state index in [0.29, 0.717) is 17.9 Å². The number of nitrogens with zero attached hydrogens (tertiary/aromatic N) is 2. The molecule has 6 nitrogen and oxygen atoms in total. The Hall–Kier alpha value is -2.46. The van der Waals surface area contributed by atoms with Crippen LogP contribution in [0.15, 0.2) is 34.9 Å². The lowest BCUT2D eigenvalue weighted by atomic mass is 10.2. The lowest BCUT2D eigenvalue weighted by Crippen LogP contribution is -2.50. The molecule has 1 aliphatic heterocycles. The van der Waals surface area contributed by atoms with E-state index in [-0.39, 0.29) is 13.0 Å². The maximum absolute atomic E-state index is 14.3. The SMILES string of the molecule is CC1CC(Oc2c(F)cc(C(F)(F)F)cc2Cl)N(Cc2ccco2)N1C(N)=O. The molecular formula is C17H16ClF4N3O3. The Morgan fingerprint density at radius 3 is 2.68 bits per heavy atom. The molecule has 2 atom stereocenters. The number of amides is 2. The highest BCUT2D eigenvalue weighted by atomic mass is 35.5. The molecule has 152 valence electrons. The molecule has 2 heterocycles. The van der Waals surface area contributed by atoms with Crippen molar-refractivity contribution in [2.75, 3.05) is 0 Å². The van der Waals surface area contributed by atoms with E-state index in [2.05, 4.69) is 0 Å². The summed E-state index contributed by atoms with van der Waals surface area (Å²) in [6, 6.07) is 3.04. The van der Waals surface area contributed by atoms with Crippen molar-refractivity contribution in [3.05, 3.63) is 52.7 Å². The minimum atomic E-state index is -4.75. The molecule has 1 fully saturated rings. The van der Waals surface area contributed by atoms with Crippen LogP contribution in [0.4, 0.5) is 22.4 Å². The first-order chi connectivity index (χ1) is 13.1. The minimum Gasteiger partial charge on any atom is -0.469 e. The molecule has 0 aliphatic carbocycles. The van der Waals surface area contributed by atoms with Gasteiger partial charge in [0.05, 0.1) is 29.4 Å². The van der Waals surface area contributed by atoms with Gasteiger partial charge in [0.1, 0.15) is 5.76 Å². The minimum absolute atomic E-state index is 0.0742. The molecule has 2 aromatic rings. The summed E-state index contributed by atoms with van der Waals surface area (Å²) >= 11 is 5.84. The van der Waals surface area contributed by atoms with Crippen LogP contribution in [-0.4, -0.2) is 28.3 Å². The second kappa shape index (κ2) is 7.51. The van der Waals surface area contributed by atoms with Crippen molar-refractivity contribution >= 4 is 17.6 Å². The smallest absolute Gasteiger partial charge is 0.416 e. The zero-order chi connectivity index (χ0) is 20.6. The predicted octanol–water partition coefficient (Wildman–Crippen LogP) is 4.39. The van der Waals surface area contributed by atoms with Gasteiger partial charge in [0.15, 0.2) is 17.8 Å². The monoisotopic (exact) mass is 421 g/mol. The van der Waals surface area contributed by atoms with Crippen LogP contribution in [-0.2, 0) is 12.7 Å². The first-order valence-corrected chi connectivity index (χ1v) is 8.56. The summed E-state index contributed by atoms with van der Waals surface area (Å²) in [6.45, 7) is 1.78. The van der Waals surface area contributed by atoms with Crippen LogP contribution in [0.1, 0.15) is 24.7 Å².